The molecule has 0 saturated carbocycles. The lowest BCUT2D eigenvalue weighted by Crippen LogP contribution is -2.47. The van der Waals surface area contributed by atoms with Gasteiger partial charge in [-0.15, -0.1) is 0 Å². The molecule has 0 aliphatic rings. The van der Waals surface area contributed by atoms with Crippen LogP contribution in [0.4, 0.5) is 18.0 Å². The number of aliphatic carboxylic acids is 1. The van der Waals surface area contributed by atoms with Gasteiger partial charge in [0.15, 0.2) is 0 Å². The first-order chi connectivity index (χ1) is 10.2. The van der Waals surface area contributed by atoms with E-state index in [-0.39, 0.29) is 19.4 Å². The van der Waals surface area contributed by atoms with Gasteiger partial charge in [-0.05, 0) is 39.5 Å². The van der Waals surface area contributed by atoms with Gasteiger partial charge in [-0.25, -0.2) is 4.79 Å². The number of carboxylic acids is 1. The van der Waals surface area contributed by atoms with Gasteiger partial charge >= 0.3 is 18.2 Å². The molecule has 0 aromatic rings. The highest BCUT2D eigenvalue weighted by molar-refractivity contribution is 5.76. The zero-order chi connectivity index (χ0) is 18.5. The summed E-state index contributed by atoms with van der Waals surface area (Å²) < 4.78 is 41.9. The number of carbonyl (C=O) groups is 2. The van der Waals surface area contributed by atoms with Gasteiger partial charge in [-0.2, -0.15) is 13.2 Å². The van der Waals surface area contributed by atoms with Gasteiger partial charge in [0.2, 0.25) is 0 Å². The molecule has 1 amide bonds. The van der Waals surface area contributed by atoms with Crippen LogP contribution in [0.15, 0.2) is 0 Å². The Balaban J connectivity index is 4.93. The van der Waals surface area contributed by atoms with E-state index in [1.54, 1.807) is 34.6 Å². The van der Waals surface area contributed by atoms with E-state index >= 15 is 0 Å². The summed E-state index contributed by atoms with van der Waals surface area (Å²) in [6.07, 6.45) is -6.68. The highest BCUT2D eigenvalue weighted by Crippen LogP contribution is 2.35. The molecule has 0 aromatic carbocycles. The monoisotopic (exact) mass is 341 g/mol. The largest absolute Gasteiger partial charge is 0.481 e. The topological polar surface area (TPSA) is 75.6 Å². The lowest BCUT2D eigenvalue weighted by Gasteiger charge is -2.34. The molecule has 0 radical (unpaired) electrons. The number of alkyl carbamates (subject to hydrolysis) is 1. The highest BCUT2D eigenvalue weighted by atomic mass is 19.4. The van der Waals surface area contributed by atoms with Crippen molar-refractivity contribution < 1.29 is 32.6 Å². The predicted molar refractivity (Wildman–Crippen MR) is 79.0 cm³/mol. The van der Waals surface area contributed by atoms with Crippen molar-refractivity contribution >= 4 is 12.1 Å². The number of alkyl halides is 3. The summed E-state index contributed by atoms with van der Waals surface area (Å²) in [7, 11) is 0. The number of hydrogen-bond donors (Lipinski definition) is 2. The standard InChI is InChI=1S/C15H26F3NO4/c1-10(2)14(11(20)21,7-6-8-15(16,17)18)9-19-12(22)23-13(3,4)5/h10H,6-9H2,1-5H3,(H,19,22)(H,20,21). The molecule has 8 heteroatoms. The molecule has 5 nitrogen and oxygen atoms in total. The summed E-state index contributed by atoms with van der Waals surface area (Å²) in [5, 5.41) is 11.9. The maximum absolute atomic E-state index is 12.3. The van der Waals surface area contributed by atoms with Crippen LogP contribution in [-0.4, -0.2) is 35.5 Å². The average molecular weight is 341 g/mol. The van der Waals surface area contributed by atoms with Crippen LogP contribution in [0.25, 0.3) is 0 Å². The molecular weight excluding hydrogens is 315 g/mol. The van der Waals surface area contributed by atoms with Gasteiger partial charge in [0.05, 0.1) is 5.41 Å². The van der Waals surface area contributed by atoms with E-state index in [4.69, 9.17) is 4.74 Å². The molecule has 1 atom stereocenters. The Bertz CT molecular complexity index is 416. The van der Waals surface area contributed by atoms with E-state index in [0.29, 0.717) is 0 Å². The molecule has 23 heavy (non-hydrogen) atoms. The Morgan fingerprint density at radius 3 is 2.00 bits per heavy atom. The molecule has 0 aliphatic heterocycles. The Labute approximate surface area is 134 Å². The van der Waals surface area contributed by atoms with E-state index in [9.17, 15) is 27.9 Å². The summed E-state index contributed by atoms with van der Waals surface area (Å²) in [5.74, 6) is -1.69. The normalized spacial score (nSPS) is 15.2. The number of halogens is 3. The summed E-state index contributed by atoms with van der Waals surface area (Å²) in [5.41, 5.74) is -2.22. The minimum absolute atomic E-state index is 0.185. The Hall–Kier alpha value is -1.47. The summed E-state index contributed by atoms with van der Waals surface area (Å²) in [6, 6.07) is 0. The average Bonchev–Trinajstić information content (AvgIpc) is 2.28. The molecule has 0 bridgehead atoms. The van der Waals surface area contributed by atoms with Crippen molar-refractivity contribution in [3.63, 3.8) is 0 Å². The van der Waals surface area contributed by atoms with E-state index in [1.807, 2.05) is 0 Å². The quantitative estimate of drug-likeness (QED) is 0.735. The van der Waals surface area contributed by atoms with Crippen LogP contribution in [-0.2, 0) is 9.53 Å². The van der Waals surface area contributed by atoms with Gasteiger partial charge in [0.25, 0.3) is 0 Å². The van der Waals surface area contributed by atoms with Gasteiger partial charge in [-0.1, -0.05) is 13.8 Å². The van der Waals surface area contributed by atoms with Crippen LogP contribution in [0, 0.1) is 11.3 Å². The second kappa shape index (κ2) is 7.88. The lowest BCUT2D eigenvalue weighted by atomic mass is 9.73. The van der Waals surface area contributed by atoms with Crippen molar-refractivity contribution in [1.82, 2.24) is 5.32 Å². The Kier molecular flexibility index (Phi) is 7.37. The van der Waals surface area contributed by atoms with Gasteiger partial charge in [0, 0.05) is 13.0 Å². The summed E-state index contributed by atoms with van der Waals surface area (Å²) in [4.78, 5) is 23.3. The van der Waals surface area contributed by atoms with Crippen molar-refractivity contribution in [3.05, 3.63) is 0 Å². The molecule has 0 heterocycles. The number of rotatable bonds is 7. The molecular formula is C15H26F3NO4. The van der Waals surface area contributed by atoms with Gasteiger partial charge in [-0.3, -0.25) is 4.79 Å². The zero-order valence-electron chi connectivity index (χ0n) is 14.2. The summed E-state index contributed by atoms with van der Waals surface area (Å²) >= 11 is 0. The van der Waals surface area contributed by atoms with Crippen molar-refractivity contribution in [2.45, 2.75) is 65.7 Å². The zero-order valence-corrected chi connectivity index (χ0v) is 14.2. The molecule has 2 N–H and O–H groups in total. The number of carbonyl (C=O) groups excluding carboxylic acids is 1. The third kappa shape index (κ3) is 8.08. The van der Waals surface area contributed by atoms with Crippen LogP contribution in [0.3, 0.4) is 0 Å². The lowest BCUT2D eigenvalue weighted by molar-refractivity contribution is -0.155. The second-order valence-electron chi connectivity index (χ2n) is 6.94. The van der Waals surface area contributed by atoms with Gasteiger partial charge in [0.1, 0.15) is 5.60 Å². The second-order valence-corrected chi connectivity index (χ2v) is 6.94. The summed E-state index contributed by atoms with van der Waals surface area (Å²) in [6.45, 7) is 7.90. The first kappa shape index (κ1) is 21.5. The van der Waals surface area contributed by atoms with Crippen molar-refractivity contribution in [2.24, 2.45) is 11.3 Å². The fourth-order valence-corrected chi connectivity index (χ4v) is 2.16. The molecule has 0 saturated heterocycles. The molecule has 0 spiro atoms. The third-order valence-electron chi connectivity index (χ3n) is 3.56. The van der Waals surface area contributed by atoms with E-state index in [0.717, 1.165) is 0 Å². The number of carboxylic acid groups (broad SMARTS) is 1. The van der Waals surface area contributed by atoms with E-state index < -0.39 is 41.6 Å². The fraction of sp³-hybridized carbons (Fsp3) is 0.867. The molecule has 0 aromatic heterocycles. The number of amides is 1. The first-order valence-corrected chi connectivity index (χ1v) is 7.46. The molecule has 0 rings (SSSR count). The molecule has 1 unspecified atom stereocenters. The van der Waals surface area contributed by atoms with Crippen LogP contribution >= 0.6 is 0 Å². The SMILES string of the molecule is CC(C)C(CCCC(F)(F)F)(CNC(=O)OC(C)(C)C)C(=O)O. The molecule has 0 fully saturated rings. The van der Waals surface area contributed by atoms with Gasteiger partial charge < -0.3 is 15.2 Å². The minimum atomic E-state index is -4.33. The van der Waals surface area contributed by atoms with Crippen molar-refractivity contribution in [1.29, 1.82) is 0 Å². The number of hydrogen-bond acceptors (Lipinski definition) is 3. The fourth-order valence-electron chi connectivity index (χ4n) is 2.16. The van der Waals surface area contributed by atoms with Crippen molar-refractivity contribution in [2.75, 3.05) is 6.54 Å². The van der Waals surface area contributed by atoms with E-state index in [2.05, 4.69) is 5.32 Å². The number of ether oxygens (including phenoxy) is 1. The minimum Gasteiger partial charge on any atom is -0.481 e. The third-order valence-corrected chi connectivity index (χ3v) is 3.56. The molecule has 136 valence electrons. The van der Waals surface area contributed by atoms with E-state index in [1.165, 1.54) is 0 Å². The smallest absolute Gasteiger partial charge is 0.407 e. The maximum Gasteiger partial charge on any atom is 0.407 e. The highest BCUT2D eigenvalue weighted by Gasteiger charge is 2.42. The van der Waals surface area contributed by atoms with Crippen LogP contribution in [0.2, 0.25) is 0 Å². The van der Waals surface area contributed by atoms with Crippen LogP contribution < -0.4 is 5.32 Å². The van der Waals surface area contributed by atoms with Crippen LogP contribution in [0.5, 0.6) is 0 Å². The number of nitrogens with one attached hydrogen (secondary N) is 1. The predicted octanol–water partition coefficient (Wildman–Crippen LogP) is 3.97. The molecule has 0 aliphatic carbocycles. The van der Waals surface area contributed by atoms with Crippen molar-refractivity contribution in [3.8, 4) is 0 Å². The first-order valence-electron chi connectivity index (χ1n) is 7.46. The van der Waals surface area contributed by atoms with Crippen LogP contribution in [0.1, 0.15) is 53.9 Å². The Morgan fingerprint density at radius 1 is 1.13 bits per heavy atom. The maximum atomic E-state index is 12.3. The Morgan fingerprint density at radius 2 is 1.65 bits per heavy atom.